The van der Waals surface area contributed by atoms with Gasteiger partial charge in [-0.3, -0.25) is 9.69 Å². The van der Waals surface area contributed by atoms with Gasteiger partial charge in [0, 0.05) is 6.42 Å². The van der Waals surface area contributed by atoms with E-state index in [-0.39, 0.29) is 5.91 Å². The first-order valence-corrected chi connectivity index (χ1v) is 7.81. The number of rotatable bonds is 5. The molecule has 1 amide bonds. The summed E-state index contributed by atoms with van der Waals surface area (Å²) in [5, 5.41) is 0.655. The molecule has 0 aliphatic rings. The predicted octanol–water partition coefficient (Wildman–Crippen LogP) is 3.84. The van der Waals surface area contributed by atoms with E-state index in [1.807, 2.05) is 37.3 Å². The molecule has 0 saturated heterocycles. The largest absolute Gasteiger partial charge is 0.494 e. The first kappa shape index (κ1) is 14.6. The van der Waals surface area contributed by atoms with Crippen molar-refractivity contribution in [1.82, 2.24) is 4.98 Å². The zero-order chi connectivity index (χ0) is 15.5. The molecule has 0 bridgehead atoms. The first-order valence-electron chi connectivity index (χ1n) is 6.99. The van der Waals surface area contributed by atoms with Gasteiger partial charge in [0.25, 0.3) is 0 Å². The highest BCUT2D eigenvalue weighted by Crippen LogP contribution is 2.34. The van der Waals surface area contributed by atoms with Crippen LogP contribution in [0.5, 0.6) is 5.75 Å². The zero-order valence-electron chi connectivity index (χ0n) is 12.4. The second-order valence-corrected chi connectivity index (χ2v) is 5.73. The highest BCUT2D eigenvalue weighted by molar-refractivity contribution is 7.22. The minimum absolute atomic E-state index is 0.00872. The Balaban J connectivity index is 2.02. The lowest BCUT2D eigenvalue weighted by Gasteiger charge is -2.17. The van der Waals surface area contributed by atoms with E-state index >= 15 is 0 Å². The van der Waals surface area contributed by atoms with E-state index in [1.165, 1.54) is 11.3 Å². The monoisotopic (exact) mass is 316 g/mol. The van der Waals surface area contributed by atoms with Gasteiger partial charge in [0.2, 0.25) is 5.91 Å². The third kappa shape index (κ3) is 2.69. The van der Waals surface area contributed by atoms with Gasteiger partial charge in [-0.1, -0.05) is 24.3 Å². The molecule has 0 radical (unpaired) electrons. The van der Waals surface area contributed by atoms with Gasteiger partial charge in [0.15, 0.2) is 5.13 Å². The van der Waals surface area contributed by atoms with E-state index in [0.29, 0.717) is 23.8 Å². The topological polar surface area (TPSA) is 55.6 Å². The van der Waals surface area contributed by atoms with Crippen LogP contribution in [0, 0.1) is 0 Å². The molecule has 2 aromatic heterocycles. The van der Waals surface area contributed by atoms with Crippen LogP contribution in [-0.2, 0) is 11.3 Å². The molecule has 3 rings (SSSR count). The highest BCUT2D eigenvalue weighted by atomic mass is 32.1. The molecule has 0 unspecified atom stereocenters. The lowest BCUT2D eigenvalue weighted by atomic mass is 10.3. The van der Waals surface area contributed by atoms with Gasteiger partial charge >= 0.3 is 0 Å². The summed E-state index contributed by atoms with van der Waals surface area (Å²) in [5.74, 6) is 1.45. The Labute approximate surface area is 132 Å². The normalized spacial score (nSPS) is 10.8. The summed E-state index contributed by atoms with van der Waals surface area (Å²) in [7, 11) is 1.62. The molecule has 0 spiro atoms. The Morgan fingerprint density at radius 2 is 2.23 bits per heavy atom. The minimum atomic E-state index is 0.00872. The number of ether oxygens (including phenoxy) is 1. The Morgan fingerprint density at radius 3 is 2.91 bits per heavy atom. The number of amides is 1. The molecule has 0 aliphatic heterocycles. The highest BCUT2D eigenvalue weighted by Gasteiger charge is 2.20. The fourth-order valence-corrected chi connectivity index (χ4v) is 3.20. The summed E-state index contributed by atoms with van der Waals surface area (Å²) >= 11 is 1.47. The molecule has 5 nitrogen and oxygen atoms in total. The second-order valence-electron chi connectivity index (χ2n) is 4.72. The van der Waals surface area contributed by atoms with Crippen molar-refractivity contribution in [1.29, 1.82) is 0 Å². The fraction of sp³-hybridized carbons (Fsp3) is 0.250. The van der Waals surface area contributed by atoms with Crippen LogP contribution in [0.25, 0.3) is 10.2 Å². The SMILES string of the molecule is CCC(=O)N(Cc1ccco1)c1nc2c(OC)cccc2s1. The summed E-state index contributed by atoms with van der Waals surface area (Å²) in [6.07, 6.45) is 2.01. The van der Waals surface area contributed by atoms with Crippen LogP contribution in [0.15, 0.2) is 41.0 Å². The van der Waals surface area contributed by atoms with E-state index in [0.717, 1.165) is 16.0 Å². The summed E-state index contributed by atoms with van der Waals surface area (Å²) in [6, 6.07) is 9.42. The van der Waals surface area contributed by atoms with Gasteiger partial charge in [0.1, 0.15) is 17.0 Å². The van der Waals surface area contributed by atoms with E-state index in [9.17, 15) is 4.79 Å². The van der Waals surface area contributed by atoms with Crippen LogP contribution in [-0.4, -0.2) is 18.0 Å². The van der Waals surface area contributed by atoms with Crippen molar-refractivity contribution < 1.29 is 13.9 Å². The molecule has 0 atom stereocenters. The van der Waals surface area contributed by atoms with Crippen LogP contribution >= 0.6 is 11.3 Å². The van der Waals surface area contributed by atoms with E-state index in [1.54, 1.807) is 18.3 Å². The van der Waals surface area contributed by atoms with Gasteiger partial charge in [-0.25, -0.2) is 4.98 Å². The molecule has 0 saturated carbocycles. The number of thiazole rings is 1. The molecular formula is C16H16N2O3S. The van der Waals surface area contributed by atoms with Gasteiger partial charge in [0.05, 0.1) is 24.6 Å². The lowest BCUT2D eigenvalue weighted by molar-refractivity contribution is -0.118. The average Bonchev–Trinajstić information content (AvgIpc) is 3.20. The van der Waals surface area contributed by atoms with Crippen molar-refractivity contribution in [2.75, 3.05) is 12.0 Å². The molecule has 0 aliphatic carbocycles. The number of carbonyl (C=O) groups is 1. The van der Waals surface area contributed by atoms with Crippen molar-refractivity contribution in [3.8, 4) is 5.75 Å². The molecule has 2 heterocycles. The van der Waals surface area contributed by atoms with Gasteiger partial charge in [-0.15, -0.1) is 0 Å². The number of carbonyl (C=O) groups excluding carboxylic acids is 1. The van der Waals surface area contributed by atoms with E-state index in [4.69, 9.17) is 9.15 Å². The molecule has 114 valence electrons. The molecule has 1 aromatic carbocycles. The number of hydrogen-bond acceptors (Lipinski definition) is 5. The number of benzene rings is 1. The van der Waals surface area contributed by atoms with E-state index in [2.05, 4.69) is 4.98 Å². The van der Waals surface area contributed by atoms with Crippen LogP contribution < -0.4 is 9.64 Å². The first-order chi connectivity index (χ1) is 10.7. The Kier molecular flexibility index (Phi) is 4.11. The smallest absolute Gasteiger partial charge is 0.228 e. The van der Waals surface area contributed by atoms with Crippen LogP contribution in [0.2, 0.25) is 0 Å². The minimum Gasteiger partial charge on any atom is -0.494 e. The van der Waals surface area contributed by atoms with Crippen molar-refractivity contribution in [2.24, 2.45) is 0 Å². The summed E-state index contributed by atoms with van der Waals surface area (Å²) in [4.78, 5) is 18.5. The molecule has 22 heavy (non-hydrogen) atoms. The Hall–Kier alpha value is -2.34. The van der Waals surface area contributed by atoms with E-state index < -0.39 is 0 Å². The third-order valence-electron chi connectivity index (χ3n) is 3.32. The molecule has 3 aromatic rings. The Morgan fingerprint density at radius 1 is 1.36 bits per heavy atom. The van der Waals surface area contributed by atoms with Gasteiger partial charge in [-0.2, -0.15) is 0 Å². The molecule has 0 N–H and O–H groups in total. The number of nitrogens with zero attached hydrogens (tertiary/aromatic N) is 2. The number of aromatic nitrogens is 1. The van der Waals surface area contributed by atoms with Crippen molar-refractivity contribution >= 4 is 32.6 Å². The quantitative estimate of drug-likeness (QED) is 0.717. The second kappa shape index (κ2) is 6.19. The van der Waals surface area contributed by atoms with Crippen LogP contribution in [0.3, 0.4) is 0 Å². The van der Waals surface area contributed by atoms with Crippen molar-refractivity contribution in [2.45, 2.75) is 19.9 Å². The standard InChI is InChI=1S/C16H16N2O3S/c1-3-14(19)18(10-11-6-5-9-21-11)16-17-15-12(20-2)7-4-8-13(15)22-16/h4-9H,3,10H2,1-2H3. The summed E-state index contributed by atoms with van der Waals surface area (Å²) in [6.45, 7) is 2.22. The number of fused-ring (bicyclic) bond motifs is 1. The van der Waals surface area contributed by atoms with Gasteiger partial charge in [-0.05, 0) is 24.3 Å². The Bertz CT molecular complexity index is 780. The fourth-order valence-electron chi connectivity index (χ4n) is 2.20. The number of methoxy groups -OCH3 is 1. The van der Waals surface area contributed by atoms with Crippen molar-refractivity contribution in [3.05, 3.63) is 42.4 Å². The summed E-state index contributed by atoms with van der Waals surface area (Å²) < 4.78 is 11.7. The maximum Gasteiger partial charge on any atom is 0.228 e. The zero-order valence-corrected chi connectivity index (χ0v) is 13.2. The van der Waals surface area contributed by atoms with Crippen molar-refractivity contribution in [3.63, 3.8) is 0 Å². The summed E-state index contributed by atoms with van der Waals surface area (Å²) in [5.41, 5.74) is 0.776. The molecular weight excluding hydrogens is 300 g/mol. The number of hydrogen-bond donors (Lipinski definition) is 0. The predicted molar refractivity (Wildman–Crippen MR) is 86.4 cm³/mol. The average molecular weight is 316 g/mol. The number of furan rings is 1. The maximum atomic E-state index is 12.3. The maximum absolute atomic E-state index is 12.3. The lowest BCUT2D eigenvalue weighted by Crippen LogP contribution is -2.29. The number of anilines is 1. The number of para-hydroxylation sites is 1. The van der Waals surface area contributed by atoms with Crippen LogP contribution in [0.1, 0.15) is 19.1 Å². The third-order valence-corrected chi connectivity index (χ3v) is 4.36. The molecule has 0 fully saturated rings. The molecule has 6 heteroatoms. The van der Waals surface area contributed by atoms with Crippen LogP contribution in [0.4, 0.5) is 5.13 Å². The van der Waals surface area contributed by atoms with Gasteiger partial charge < -0.3 is 9.15 Å².